The van der Waals surface area contributed by atoms with Gasteiger partial charge in [0.25, 0.3) is 0 Å². The molecule has 0 amide bonds. The van der Waals surface area contributed by atoms with E-state index in [0.717, 1.165) is 30.7 Å². The quantitative estimate of drug-likeness (QED) is 0.873. The van der Waals surface area contributed by atoms with Gasteiger partial charge in [-0.3, -0.25) is 0 Å². The molecule has 1 heterocycles. The Hall–Kier alpha value is -0.380. The largest absolute Gasteiger partial charge is 0.379 e. The van der Waals surface area contributed by atoms with Crippen LogP contribution in [-0.4, -0.2) is 25.8 Å². The Kier molecular flexibility index (Phi) is 3.56. The van der Waals surface area contributed by atoms with Crippen molar-refractivity contribution in [3.8, 4) is 0 Å². The summed E-state index contributed by atoms with van der Waals surface area (Å²) in [5.41, 5.74) is 1.36. The standard InChI is InChI=1S/C11H14BrNO/c12-10-3-1-9(2-4-10)7-11-8-14-6-5-13-11/h1-4,11,13H,5-8H2/t11-/m1/s1. The van der Waals surface area contributed by atoms with Crippen molar-refractivity contribution in [2.24, 2.45) is 0 Å². The van der Waals surface area contributed by atoms with Crippen LogP contribution in [0.15, 0.2) is 28.7 Å². The second-order valence-electron chi connectivity index (χ2n) is 3.56. The molecule has 0 unspecified atom stereocenters. The van der Waals surface area contributed by atoms with Crippen LogP contribution in [0.3, 0.4) is 0 Å². The van der Waals surface area contributed by atoms with Gasteiger partial charge in [0.15, 0.2) is 0 Å². The molecule has 1 atom stereocenters. The lowest BCUT2D eigenvalue weighted by Crippen LogP contribution is -2.42. The Balaban J connectivity index is 1.92. The zero-order valence-electron chi connectivity index (χ0n) is 8.00. The predicted molar refractivity (Wildman–Crippen MR) is 60.5 cm³/mol. The highest BCUT2D eigenvalue weighted by Crippen LogP contribution is 2.12. The van der Waals surface area contributed by atoms with Gasteiger partial charge in [-0.2, -0.15) is 0 Å². The SMILES string of the molecule is Brc1ccc(C[C@@H]2COCCN2)cc1. The number of benzene rings is 1. The van der Waals surface area contributed by atoms with Gasteiger partial charge in [-0.1, -0.05) is 28.1 Å². The smallest absolute Gasteiger partial charge is 0.0623 e. The van der Waals surface area contributed by atoms with E-state index in [1.54, 1.807) is 0 Å². The number of halogens is 1. The number of ether oxygens (including phenoxy) is 1. The Bertz CT molecular complexity index is 280. The van der Waals surface area contributed by atoms with Crippen LogP contribution < -0.4 is 5.32 Å². The first-order chi connectivity index (χ1) is 6.84. The first kappa shape index (κ1) is 10.1. The van der Waals surface area contributed by atoms with E-state index >= 15 is 0 Å². The monoisotopic (exact) mass is 255 g/mol. The van der Waals surface area contributed by atoms with E-state index in [1.165, 1.54) is 5.56 Å². The summed E-state index contributed by atoms with van der Waals surface area (Å²) in [5, 5.41) is 3.45. The zero-order chi connectivity index (χ0) is 9.80. The van der Waals surface area contributed by atoms with Gasteiger partial charge in [-0.15, -0.1) is 0 Å². The molecular formula is C11H14BrNO. The lowest BCUT2D eigenvalue weighted by molar-refractivity contribution is 0.0770. The number of rotatable bonds is 2. The fourth-order valence-corrected chi connectivity index (χ4v) is 1.92. The molecule has 0 radical (unpaired) electrons. The molecule has 0 aromatic heterocycles. The average Bonchev–Trinajstić information content (AvgIpc) is 2.23. The van der Waals surface area contributed by atoms with Crippen LogP contribution in [0.2, 0.25) is 0 Å². The molecular weight excluding hydrogens is 242 g/mol. The van der Waals surface area contributed by atoms with Crippen molar-refractivity contribution in [2.75, 3.05) is 19.8 Å². The molecule has 1 N–H and O–H groups in total. The predicted octanol–water partition coefficient (Wildman–Crippen LogP) is 1.98. The summed E-state index contributed by atoms with van der Waals surface area (Å²) < 4.78 is 6.54. The van der Waals surface area contributed by atoms with E-state index in [4.69, 9.17) is 4.74 Å². The topological polar surface area (TPSA) is 21.3 Å². The van der Waals surface area contributed by atoms with E-state index < -0.39 is 0 Å². The normalized spacial score (nSPS) is 22.2. The average molecular weight is 256 g/mol. The van der Waals surface area contributed by atoms with Gasteiger partial charge in [0.1, 0.15) is 0 Å². The molecule has 76 valence electrons. The Labute approximate surface area is 92.8 Å². The van der Waals surface area contributed by atoms with Crippen molar-refractivity contribution in [2.45, 2.75) is 12.5 Å². The van der Waals surface area contributed by atoms with Crippen LogP contribution in [0.25, 0.3) is 0 Å². The van der Waals surface area contributed by atoms with Crippen LogP contribution in [0.5, 0.6) is 0 Å². The fourth-order valence-electron chi connectivity index (χ4n) is 1.66. The number of hydrogen-bond donors (Lipinski definition) is 1. The van der Waals surface area contributed by atoms with E-state index in [2.05, 4.69) is 45.5 Å². The Morgan fingerprint density at radius 1 is 1.36 bits per heavy atom. The summed E-state index contributed by atoms with van der Waals surface area (Å²) in [5.74, 6) is 0. The minimum atomic E-state index is 0.477. The summed E-state index contributed by atoms with van der Waals surface area (Å²) in [7, 11) is 0. The third-order valence-electron chi connectivity index (χ3n) is 2.39. The molecule has 1 fully saturated rings. The molecule has 1 aliphatic heterocycles. The van der Waals surface area contributed by atoms with Crippen LogP contribution in [0.4, 0.5) is 0 Å². The third kappa shape index (κ3) is 2.80. The Morgan fingerprint density at radius 2 is 2.14 bits per heavy atom. The summed E-state index contributed by atoms with van der Waals surface area (Å²) in [6.45, 7) is 2.65. The van der Waals surface area contributed by atoms with Crippen LogP contribution in [-0.2, 0) is 11.2 Å². The molecule has 1 saturated heterocycles. The zero-order valence-corrected chi connectivity index (χ0v) is 9.59. The number of nitrogens with one attached hydrogen (secondary N) is 1. The second-order valence-corrected chi connectivity index (χ2v) is 4.47. The molecule has 0 bridgehead atoms. The summed E-state index contributed by atoms with van der Waals surface area (Å²) in [6.07, 6.45) is 1.05. The maximum Gasteiger partial charge on any atom is 0.0623 e. The molecule has 2 rings (SSSR count). The molecule has 0 spiro atoms. The minimum Gasteiger partial charge on any atom is -0.379 e. The van der Waals surface area contributed by atoms with Crippen molar-refractivity contribution in [3.05, 3.63) is 34.3 Å². The van der Waals surface area contributed by atoms with Gasteiger partial charge >= 0.3 is 0 Å². The molecule has 1 aromatic carbocycles. The molecule has 0 saturated carbocycles. The highest BCUT2D eigenvalue weighted by atomic mass is 79.9. The lowest BCUT2D eigenvalue weighted by Gasteiger charge is -2.23. The number of morpholine rings is 1. The van der Waals surface area contributed by atoms with Gasteiger partial charge in [-0.05, 0) is 24.1 Å². The van der Waals surface area contributed by atoms with Crippen molar-refractivity contribution in [1.29, 1.82) is 0 Å². The summed E-state index contributed by atoms with van der Waals surface area (Å²) in [6, 6.07) is 8.95. The lowest BCUT2D eigenvalue weighted by atomic mass is 10.1. The minimum absolute atomic E-state index is 0.477. The maximum absolute atomic E-state index is 5.41. The second kappa shape index (κ2) is 4.91. The van der Waals surface area contributed by atoms with Crippen molar-refractivity contribution in [1.82, 2.24) is 5.32 Å². The van der Waals surface area contributed by atoms with Crippen molar-refractivity contribution in [3.63, 3.8) is 0 Å². The molecule has 1 aromatic rings. The van der Waals surface area contributed by atoms with Gasteiger partial charge in [0.2, 0.25) is 0 Å². The first-order valence-corrected chi connectivity index (χ1v) is 5.69. The van der Waals surface area contributed by atoms with Crippen LogP contribution in [0.1, 0.15) is 5.56 Å². The van der Waals surface area contributed by atoms with Gasteiger partial charge in [0.05, 0.1) is 13.2 Å². The molecule has 1 aliphatic rings. The van der Waals surface area contributed by atoms with E-state index in [-0.39, 0.29) is 0 Å². The van der Waals surface area contributed by atoms with Gasteiger partial charge in [-0.25, -0.2) is 0 Å². The van der Waals surface area contributed by atoms with E-state index in [0.29, 0.717) is 6.04 Å². The van der Waals surface area contributed by atoms with E-state index in [1.807, 2.05) is 0 Å². The van der Waals surface area contributed by atoms with Crippen molar-refractivity contribution >= 4 is 15.9 Å². The molecule has 3 heteroatoms. The fraction of sp³-hybridized carbons (Fsp3) is 0.455. The van der Waals surface area contributed by atoms with Crippen LogP contribution >= 0.6 is 15.9 Å². The van der Waals surface area contributed by atoms with E-state index in [9.17, 15) is 0 Å². The first-order valence-electron chi connectivity index (χ1n) is 4.90. The molecule has 14 heavy (non-hydrogen) atoms. The summed E-state index contributed by atoms with van der Waals surface area (Å²) >= 11 is 3.43. The molecule has 2 nitrogen and oxygen atoms in total. The van der Waals surface area contributed by atoms with Gasteiger partial charge in [0, 0.05) is 17.1 Å². The number of hydrogen-bond acceptors (Lipinski definition) is 2. The molecule has 0 aliphatic carbocycles. The van der Waals surface area contributed by atoms with Crippen molar-refractivity contribution < 1.29 is 4.74 Å². The van der Waals surface area contributed by atoms with Gasteiger partial charge < -0.3 is 10.1 Å². The maximum atomic E-state index is 5.41. The van der Waals surface area contributed by atoms with Crippen LogP contribution in [0, 0.1) is 0 Å². The highest BCUT2D eigenvalue weighted by Gasteiger charge is 2.12. The Morgan fingerprint density at radius 3 is 2.79 bits per heavy atom. The third-order valence-corrected chi connectivity index (χ3v) is 2.92. The highest BCUT2D eigenvalue weighted by molar-refractivity contribution is 9.10. The summed E-state index contributed by atoms with van der Waals surface area (Å²) in [4.78, 5) is 0.